The van der Waals surface area contributed by atoms with Gasteiger partial charge in [-0.25, -0.2) is 9.50 Å². The quantitative estimate of drug-likeness (QED) is 0.591. The van der Waals surface area contributed by atoms with Crippen LogP contribution in [0.4, 0.5) is 0 Å². The predicted octanol–water partition coefficient (Wildman–Crippen LogP) is 2.58. The second-order valence-electron chi connectivity index (χ2n) is 6.06. The van der Waals surface area contributed by atoms with Gasteiger partial charge in [0.2, 0.25) is 6.33 Å². The molecule has 7 nitrogen and oxygen atoms in total. The van der Waals surface area contributed by atoms with Crippen molar-refractivity contribution in [2.24, 2.45) is 5.73 Å². The Kier molecular flexibility index (Phi) is 4.25. The third-order valence-electron chi connectivity index (χ3n) is 4.17. The highest BCUT2D eigenvalue weighted by atomic mass is 16.5. The number of pyridine rings is 2. The first kappa shape index (κ1) is 16.7. The summed E-state index contributed by atoms with van der Waals surface area (Å²) >= 11 is 0. The summed E-state index contributed by atoms with van der Waals surface area (Å²) in [6.45, 7) is 2.39. The first-order valence-electron chi connectivity index (χ1n) is 8.32. The van der Waals surface area contributed by atoms with E-state index in [0.717, 1.165) is 28.3 Å². The summed E-state index contributed by atoms with van der Waals surface area (Å²) in [5.41, 5.74) is 9.73. The van der Waals surface area contributed by atoms with Crippen LogP contribution in [0.3, 0.4) is 0 Å². The smallest absolute Gasteiger partial charge is 0.252 e. The largest absolute Gasteiger partial charge is 0.489 e. The van der Waals surface area contributed by atoms with E-state index in [-0.39, 0.29) is 0 Å². The van der Waals surface area contributed by atoms with Gasteiger partial charge in [-0.1, -0.05) is 6.07 Å². The molecule has 0 bridgehead atoms. The van der Waals surface area contributed by atoms with Gasteiger partial charge in [0, 0.05) is 23.0 Å². The predicted molar refractivity (Wildman–Crippen MR) is 99.1 cm³/mol. The van der Waals surface area contributed by atoms with Crippen molar-refractivity contribution in [1.82, 2.24) is 19.6 Å². The zero-order valence-electron chi connectivity index (χ0n) is 14.6. The van der Waals surface area contributed by atoms with Crippen LogP contribution in [0.1, 0.15) is 21.6 Å². The number of nitrogens with two attached hydrogens (primary N) is 1. The summed E-state index contributed by atoms with van der Waals surface area (Å²) in [5.74, 6) is 0.191. The van der Waals surface area contributed by atoms with E-state index in [1.54, 1.807) is 16.6 Å². The molecule has 1 amide bonds. The van der Waals surface area contributed by atoms with Gasteiger partial charge in [0.25, 0.3) is 5.91 Å². The van der Waals surface area contributed by atoms with Gasteiger partial charge in [-0.05, 0) is 49.4 Å². The lowest BCUT2D eigenvalue weighted by atomic mass is 10.1. The Balaban J connectivity index is 1.56. The van der Waals surface area contributed by atoms with E-state index >= 15 is 0 Å². The van der Waals surface area contributed by atoms with Crippen LogP contribution in [0, 0.1) is 13.3 Å². The van der Waals surface area contributed by atoms with Crippen LogP contribution in [-0.4, -0.2) is 25.5 Å². The number of aryl methyl sites for hydroxylation is 1. The van der Waals surface area contributed by atoms with Gasteiger partial charge in [-0.15, -0.1) is 5.10 Å². The Morgan fingerprint density at radius 3 is 2.67 bits per heavy atom. The summed E-state index contributed by atoms with van der Waals surface area (Å²) in [5, 5.41) is 4.08. The van der Waals surface area contributed by atoms with Crippen LogP contribution < -0.4 is 10.5 Å². The van der Waals surface area contributed by atoms with Gasteiger partial charge in [0.1, 0.15) is 12.4 Å². The lowest BCUT2D eigenvalue weighted by Gasteiger charge is -2.09. The molecule has 0 unspecified atom stereocenters. The summed E-state index contributed by atoms with van der Waals surface area (Å²) < 4.78 is 7.35. The van der Waals surface area contributed by atoms with E-state index in [9.17, 15) is 4.79 Å². The average molecular weight is 358 g/mol. The van der Waals surface area contributed by atoms with E-state index in [2.05, 4.69) is 21.4 Å². The minimum absolute atomic E-state index is 0.305. The molecule has 0 aliphatic heterocycles. The third kappa shape index (κ3) is 3.35. The molecule has 0 spiro atoms. The van der Waals surface area contributed by atoms with Crippen LogP contribution in [0.2, 0.25) is 0 Å². The maximum atomic E-state index is 11.5. The standard InChI is InChI=1S/C20H16N5O2/c1-13-2-3-14(10-22-13)11-27-16-6-4-15(5-7-16)18-9-8-17(19(21)26)20-23-12-24-25(18)20/h2-10H,11H2,1H3,(H2,21,26). The second-order valence-corrected chi connectivity index (χ2v) is 6.06. The van der Waals surface area contributed by atoms with Crippen molar-refractivity contribution in [2.45, 2.75) is 13.5 Å². The van der Waals surface area contributed by atoms with Crippen LogP contribution in [-0.2, 0) is 6.61 Å². The molecule has 0 aliphatic carbocycles. The van der Waals surface area contributed by atoms with Crippen molar-refractivity contribution in [3.05, 3.63) is 77.9 Å². The summed E-state index contributed by atoms with van der Waals surface area (Å²) in [7, 11) is 0. The summed E-state index contributed by atoms with van der Waals surface area (Å²) in [4.78, 5) is 19.8. The van der Waals surface area contributed by atoms with Gasteiger partial charge >= 0.3 is 0 Å². The number of amides is 1. The number of hydrogen-bond donors (Lipinski definition) is 1. The minimum atomic E-state index is -0.553. The fourth-order valence-electron chi connectivity index (χ4n) is 2.74. The number of hydrogen-bond acceptors (Lipinski definition) is 5. The molecule has 1 radical (unpaired) electrons. The molecule has 0 saturated heterocycles. The molecule has 3 heterocycles. The van der Waals surface area contributed by atoms with Crippen molar-refractivity contribution in [3.8, 4) is 17.0 Å². The number of fused-ring (bicyclic) bond motifs is 1. The zero-order valence-corrected chi connectivity index (χ0v) is 14.6. The number of carbonyl (C=O) groups excluding carboxylic acids is 1. The van der Waals surface area contributed by atoms with Gasteiger partial charge in [-0.2, -0.15) is 0 Å². The number of primary amides is 1. The number of aromatic nitrogens is 4. The SMILES string of the molecule is Cc1ccc(COc2ccc(-c3ccc(C(N)=O)c4n[c]nn34)cc2)cn1. The Morgan fingerprint density at radius 2 is 1.96 bits per heavy atom. The van der Waals surface area contributed by atoms with E-state index in [1.807, 2.05) is 49.5 Å². The molecule has 0 atom stereocenters. The molecule has 2 N–H and O–H groups in total. The highest BCUT2D eigenvalue weighted by Gasteiger charge is 2.13. The first-order chi connectivity index (χ1) is 13.1. The highest BCUT2D eigenvalue weighted by molar-refractivity contribution is 5.99. The van der Waals surface area contributed by atoms with Crippen molar-refractivity contribution >= 4 is 11.6 Å². The number of benzene rings is 1. The fourth-order valence-corrected chi connectivity index (χ4v) is 2.74. The molecule has 4 rings (SSSR count). The molecule has 133 valence electrons. The molecule has 0 aliphatic rings. The van der Waals surface area contributed by atoms with Crippen LogP contribution in [0.25, 0.3) is 16.9 Å². The molecule has 0 fully saturated rings. The Bertz CT molecular complexity index is 1100. The summed E-state index contributed by atoms with van der Waals surface area (Å²) in [6, 6.07) is 15.0. The Morgan fingerprint density at radius 1 is 1.15 bits per heavy atom. The molecular weight excluding hydrogens is 342 g/mol. The van der Waals surface area contributed by atoms with Crippen molar-refractivity contribution in [1.29, 1.82) is 0 Å². The normalized spacial score (nSPS) is 10.9. The maximum Gasteiger partial charge on any atom is 0.252 e. The molecule has 7 heteroatoms. The minimum Gasteiger partial charge on any atom is -0.489 e. The van der Waals surface area contributed by atoms with Crippen LogP contribution in [0.15, 0.2) is 54.7 Å². The molecule has 0 saturated carbocycles. The molecular formula is C20H16N5O2. The van der Waals surface area contributed by atoms with Gasteiger partial charge in [0.05, 0.1) is 11.3 Å². The summed E-state index contributed by atoms with van der Waals surface area (Å²) in [6.07, 6.45) is 4.33. The number of carbonyl (C=O) groups is 1. The molecule has 27 heavy (non-hydrogen) atoms. The fraction of sp³-hybridized carbons (Fsp3) is 0.100. The lowest BCUT2D eigenvalue weighted by molar-refractivity contribution is 0.100. The van der Waals surface area contributed by atoms with Gasteiger partial charge in [0.15, 0.2) is 5.65 Å². The van der Waals surface area contributed by atoms with Gasteiger partial charge < -0.3 is 10.5 Å². The van der Waals surface area contributed by atoms with Crippen LogP contribution in [0.5, 0.6) is 5.75 Å². The van der Waals surface area contributed by atoms with E-state index in [1.165, 1.54) is 0 Å². The third-order valence-corrected chi connectivity index (χ3v) is 4.17. The monoisotopic (exact) mass is 358 g/mol. The van der Waals surface area contributed by atoms with Crippen molar-refractivity contribution in [2.75, 3.05) is 0 Å². The van der Waals surface area contributed by atoms with Crippen molar-refractivity contribution < 1.29 is 9.53 Å². The maximum absolute atomic E-state index is 11.5. The molecule has 1 aromatic carbocycles. The number of ether oxygens (including phenoxy) is 1. The number of rotatable bonds is 5. The topological polar surface area (TPSA) is 95.4 Å². The zero-order chi connectivity index (χ0) is 18.8. The number of nitrogens with zero attached hydrogens (tertiary/aromatic N) is 4. The second kappa shape index (κ2) is 6.87. The van der Waals surface area contributed by atoms with Crippen LogP contribution >= 0.6 is 0 Å². The molecule has 4 aromatic rings. The first-order valence-corrected chi connectivity index (χ1v) is 8.32. The van der Waals surface area contributed by atoms with E-state index in [4.69, 9.17) is 10.5 Å². The molecule has 3 aromatic heterocycles. The van der Waals surface area contributed by atoms with Gasteiger partial charge in [-0.3, -0.25) is 9.78 Å². The van der Waals surface area contributed by atoms with Crippen molar-refractivity contribution in [3.63, 3.8) is 0 Å². The average Bonchev–Trinajstić information content (AvgIpc) is 3.17. The Hall–Kier alpha value is -3.74. The highest BCUT2D eigenvalue weighted by Crippen LogP contribution is 2.24. The van der Waals surface area contributed by atoms with E-state index < -0.39 is 5.91 Å². The van der Waals surface area contributed by atoms with E-state index in [0.29, 0.717) is 17.8 Å². The Labute approximate surface area is 155 Å². The lowest BCUT2D eigenvalue weighted by Crippen LogP contribution is -2.13.